The molecular formula is C20H19F5N4O. The molecule has 3 aromatic rings. The summed E-state index contributed by atoms with van der Waals surface area (Å²) >= 11 is 0. The molecule has 2 N–H and O–H groups in total. The Morgan fingerprint density at radius 1 is 1.17 bits per heavy atom. The Hall–Kier alpha value is -2.75. The number of H-pyrrole nitrogens is 1. The van der Waals surface area contributed by atoms with Crippen molar-refractivity contribution in [3.05, 3.63) is 66.0 Å². The van der Waals surface area contributed by atoms with E-state index in [2.05, 4.69) is 15.1 Å². The molecule has 1 atom stereocenters. The molecule has 4 rings (SSSR count). The molecule has 1 aromatic carbocycles. The van der Waals surface area contributed by atoms with Gasteiger partial charge in [0.05, 0.1) is 11.1 Å². The lowest BCUT2D eigenvalue weighted by Gasteiger charge is -2.27. The number of alkyl halides is 5. The normalized spacial score (nSPS) is 17.8. The zero-order chi connectivity index (χ0) is 21.6. The summed E-state index contributed by atoms with van der Waals surface area (Å²) in [4.78, 5) is 6.61. The van der Waals surface area contributed by atoms with Gasteiger partial charge in [0.1, 0.15) is 5.82 Å². The van der Waals surface area contributed by atoms with Crippen LogP contribution in [0.4, 0.5) is 22.0 Å². The molecule has 1 fully saturated rings. The fraction of sp³-hybridized carbons (Fsp3) is 0.400. The van der Waals surface area contributed by atoms with E-state index in [1.807, 2.05) is 0 Å². The topological polar surface area (TPSA) is 66.7 Å². The zero-order valence-electron chi connectivity index (χ0n) is 15.7. The van der Waals surface area contributed by atoms with Crippen molar-refractivity contribution in [1.29, 1.82) is 0 Å². The van der Waals surface area contributed by atoms with E-state index < -0.39 is 30.0 Å². The summed E-state index contributed by atoms with van der Waals surface area (Å²) in [6, 6.07) is 7.54. The van der Waals surface area contributed by atoms with Crippen LogP contribution in [-0.4, -0.2) is 37.5 Å². The number of imidazole rings is 1. The van der Waals surface area contributed by atoms with Crippen molar-refractivity contribution in [1.82, 2.24) is 19.7 Å². The van der Waals surface area contributed by atoms with Crippen molar-refractivity contribution < 1.29 is 27.1 Å². The van der Waals surface area contributed by atoms with E-state index in [-0.39, 0.29) is 36.3 Å². The maximum Gasteiger partial charge on any atom is 0.394 e. The number of nitrogens with one attached hydrogen (secondary N) is 1. The molecule has 30 heavy (non-hydrogen) atoms. The Labute approximate surface area is 168 Å². The van der Waals surface area contributed by atoms with Crippen LogP contribution >= 0.6 is 0 Å². The van der Waals surface area contributed by atoms with Gasteiger partial charge in [-0.15, -0.1) is 0 Å². The standard InChI is InChI=1S/C20H19F5N4O/c21-17(22)19(30,13-2-4-15(5-3-13)29-9-1-8-27-29)11-16-26-12-14(28-16)10-18(6-7-18)20(23,24)25/h1-5,8-9,12,17,30H,6-7,10-11H2,(H,26,28). The Balaban J connectivity index is 1.53. The first-order valence-electron chi connectivity index (χ1n) is 9.34. The number of rotatable bonds is 7. The SMILES string of the molecule is OC(Cc1ncc(CC2(C(F)(F)F)CC2)[nH]1)(c1ccc(-n2cccn2)cc1)C(F)F. The summed E-state index contributed by atoms with van der Waals surface area (Å²) < 4.78 is 68.6. The lowest BCUT2D eigenvalue weighted by Crippen LogP contribution is -2.37. The fourth-order valence-corrected chi connectivity index (χ4v) is 3.55. The first-order valence-corrected chi connectivity index (χ1v) is 9.34. The van der Waals surface area contributed by atoms with Crippen LogP contribution < -0.4 is 0 Å². The Morgan fingerprint density at radius 3 is 2.40 bits per heavy atom. The number of aromatic nitrogens is 4. The molecule has 0 aliphatic heterocycles. The Bertz CT molecular complexity index is 993. The highest BCUT2D eigenvalue weighted by Gasteiger charge is 2.63. The summed E-state index contributed by atoms with van der Waals surface area (Å²) in [6.45, 7) is 0. The van der Waals surface area contributed by atoms with Gasteiger partial charge >= 0.3 is 6.18 Å². The quantitative estimate of drug-likeness (QED) is 0.557. The largest absolute Gasteiger partial charge is 0.394 e. The highest BCUT2D eigenvalue weighted by molar-refractivity contribution is 5.37. The molecule has 0 radical (unpaired) electrons. The molecule has 5 nitrogen and oxygen atoms in total. The molecule has 0 bridgehead atoms. The Kier molecular flexibility index (Phi) is 4.92. The van der Waals surface area contributed by atoms with Crippen LogP contribution in [0.15, 0.2) is 48.9 Å². The van der Waals surface area contributed by atoms with Gasteiger partial charge in [-0.05, 0) is 36.6 Å². The molecule has 1 unspecified atom stereocenters. The van der Waals surface area contributed by atoms with Crippen molar-refractivity contribution >= 4 is 0 Å². The van der Waals surface area contributed by atoms with Crippen molar-refractivity contribution in [2.75, 3.05) is 0 Å². The van der Waals surface area contributed by atoms with Crippen molar-refractivity contribution in [3.8, 4) is 5.69 Å². The smallest absolute Gasteiger partial charge is 0.379 e. The number of nitrogens with zero attached hydrogens (tertiary/aromatic N) is 3. The van der Waals surface area contributed by atoms with Crippen LogP contribution in [0.3, 0.4) is 0 Å². The van der Waals surface area contributed by atoms with Gasteiger partial charge in [-0.2, -0.15) is 18.3 Å². The number of hydrogen-bond donors (Lipinski definition) is 2. The average Bonchev–Trinajstić information content (AvgIpc) is 3.10. The van der Waals surface area contributed by atoms with Gasteiger partial charge in [-0.3, -0.25) is 0 Å². The van der Waals surface area contributed by atoms with Crippen molar-refractivity contribution in [2.24, 2.45) is 5.41 Å². The van der Waals surface area contributed by atoms with E-state index in [0.29, 0.717) is 5.69 Å². The van der Waals surface area contributed by atoms with E-state index in [1.165, 1.54) is 18.3 Å². The second-order valence-electron chi connectivity index (χ2n) is 7.71. The molecule has 1 saturated carbocycles. The summed E-state index contributed by atoms with van der Waals surface area (Å²) in [5, 5.41) is 14.8. The third kappa shape index (κ3) is 3.71. The first kappa shape index (κ1) is 20.5. The molecule has 2 aromatic heterocycles. The van der Waals surface area contributed by atoms with Gasteiger partial charge in [0, 0.05) is 37.1 Å². The zero-order valence-corrected chi connectivity index (χ0v) is 15.7. The second-order valence-corrected chi connectivity index (χ2v) is 7.71. The van der Waals surface area contributed by atoms with Gasteiger partial charge in [0.15, 0.2) is 5.60 Å². The maximum atomic E-state index is 13.8. The van der Waals surface area contributed by atoms with E-state index in [1.54, 1.807) is 35.3 Å². The molecular weight excluding hydrogens is 407 g/mol. The van der Waals surface area contributed by atoms with Crippen LogP contribution in [0.25, 0.3) is 5.69 Å². The number of aliphatic hydroxyl groups is 1. The molecule has 0 amide bonds. The first-order chi connectivity index (χ1) is 14.1. The molecule has 10 heteroatoms. The molecule has 1 aliphatic carbocycles. The summed E-state index contributed by atoms with van der Waals surface area (Å²) in [5.74, 6) is 0.00178. The summed E-state index contributed by atoms with van der Waals surface area (Å²) in [6.07, 6.45) is -3.75. The number of aromatic amines is 1. The fourth-order valence-electron chi connectivity index (χ4n) is 3.55. The van der Waals surface area contributed by atoms with E-state index in [9.17, 15) is 27.1 Å². The van der Waals surface area contributed by atoms with Gasteiger partial charge in [0.2, 0.25) is 0 Å². The van der Waals surface area contributed by atoms with Gasteiger partial charge in [-0.1, -0.05) is 12.1 Å². The van der Waals surface area contributed by atoms with Gasteiger partial charge in [-0.25, -0.2) is 18.4 Å². The minimum absolute atomic E-state index is 0.00178. The van der Waals surface area contributed by atoms with E-state index in [0.717, 1.165) is 0 Å². The summed E-state index contributed by atoms with van der Waals surface area (Å²) in [5.41, 5.74) is -3.50. The van der Waals surface area contributed by atoms with Gasteiger partial charge < -0.3 is 10.1 Å². The predicted octanol–water partition coefficient (Wildman–Crippen LogP) is 4.18. The number of halogens is 5. The molecule has 0 saturated heterocycles. The lowest BCUT2D eigenvalue weighted by molar-refractivity contribution is -0.186. The van der Waals surface area contributed by atoms with Crippen LogP contribution in [-0.2, 0) is 18.4 Å². The van der Waals surface area contributed by atoms with E-state index >= 15 is 0 Å². The second kappa shape index (κ2) is 7.19. The van der Waals surface area contributed by atoms with Gasteiger partial charge in [0.25, 0.3) is 6.43 Å². The monoisotopic (exact) mass is 426 g/mol. The van der Waals surface area contributed by atoms with Crippen molar-refractivity contribution in [3.63, 3.8) is 0 Å². The average molecular weight is 426 g/mol. The lowest BCUT2D eigenvalue weighted by atomic mass is 9.90. The van der Waals surface area contributed by atoms with Crippen molar-refractivity contribution in [2.45, 2.75) is 43.9 Å². The number of benzene rings is 1. The molecule has 0 spiro atoms. The minimum Gasteiger partial charge on any atom is -0.379 e. The number of hydrogen-bond acceptors (Lipinski definition) is 3. The Morgan fingerprint density at radius 2 is 1.87 bits per heavy atom. The highest BCUT2D eigenvalue weighted by Crippen LogP contribution is 2.59. The summed E-state index contributed by atoms with van der Waals surface area (Å²) in [7, 11) is 0. The van der Waals surface area contributed by atoms with Crippen LogP contribution in [0, 0.1) is 5.41 Å². The minimum atomic E-state index is -4.32. The van der Waals surface area contributed by atoms with Crippen LogP contribution in [0.1, 0.15) is 29.9 Å². The maximum absolute atomic E-state index is 13.8. The highest BCUT2D eigenvalue weighted by atomic mass is 19.4. The molecule has 1 aliphatic rings. The third-order valence-electron chi connectivity index (χ3n) is 5.60. The molecule has 2 heterocycles. The van der Waals surface area contributed by atoms with Crippen LogP contribution in [0.2, 0.25) is 0 Å². The van der Waals surface area contributed by atoms with Crippen LogP contribution in [0.5, 0.6) is 0 Å². The molecule has 160 valence electrons. The predicted molar refractivity (Wildman–Crippen MR) is 97.2 cm³/mol. The third-order valence-corrected chi connectivity index (χ3v) is 5.60. The van der Waals surface area contributed by atoms with E-state index in [4.69, 9.17) is 0 Å².